The van der Waals surface area contributed by atoms with E-state index in [1.807, 2.05) is 24.3 Å². The molecule has 104 valence electrons. The highest BCUT2D eigenvalue weighted by Gasteiger charge is 2.14. The van der Waals surface area contributed by atoms with Gasteiger partial charge in [0, 0.05) is 39.8 Å². The number of hydroxylamine groups is 1. The molecule has 1 aliphatic rings. The minimum Gasteiger partial charge on any atom is -0.367 e. The summed E-state index contributed by atoms with van der Waals surface area (Å²) in [6.07, 6.45) is 0. The summed E-state index contributed by atoms with van der Waals surface area (Å²) in [4.78, 5) is 21.0. The van der Waals surface area contributed by atoms with Gasteiger partial charge in [-0.15, -0.1) is 0 Å². The van der Waals surface area contributed by atoms with Gasteiger partial charge in [-0.1, -0.05) is 12.1 Å². The highest BCUT2D eigenvalue weighted by Crippen LogP contribution is 2.10. The third-order valence-electron chi connectivity index (χ3n) is 3.39. The molecular weight excluding hydrogens is 242 g/mol. The molecule has 1 heterocycles. The minimum atomic E-state index is -0.353. The zero-order valence-corrected chi connectivity index (χ0v) is 11.6. The second-order valence-electron chi connectivity index (χ2n) is 4.87. The van der Waals surface area contributed by atoms with Crippen molar-refractivity contribution in [2.75, 3.05) is 40.3 Å². The van der Waals surface area contributed by atoms with E-state index >= 15 is 0 Å². The fourth-order valence-corrected chi connectivity index (χ4v) is 2.16. The zero-order chi connectivity index (χ0) is 13.7. The van der Waals surface area contributed by atoms with Gasteiger partial charge in [0.15, 0.2) is 0 Å². The molecule has 5 nitrogen and oxygen atoms in total. The lowest BCUT2D eigenvalue weighted by Gasteiger charge is -2.32. The number of nitrogens with zero attached hydrogens (tertiary/aromatic N) is 2. The van der Waals surface area contributed by atoms with Crippen molar-refractivity contribution < 1.29 is 9.63 Å². The molecule has 0 spiro atoms. The molecule has 5 heteroatoms. The number of carbonyl (C=O) groups is 1. The van der Waals surface area contributed by atoms with E-state index < -0.39 is 0 Å². The molecule has 0 amide bonds. The van der Waals surface area contributed by atoms with Gasteiger partial charge in [0.1, 0.15) is 0 Å². The number of hydrogen-bond donors (Lipinski definition) is 1. The lowest BCUT2D eigenvalue weighted by Crippen LogP contribution is -2.43. The molecule has 1 aliphatic heterocycles. The summed E-state index contributed by atoms with van der Waals surface area (Å²) in [5, 5.41) is 0. The maximum atomic E-state index is 11.5. The molecule has 0 saturated carbocycles. The first kappa shape index (κ1) is 14.0. The summed E-state index contributed by atoms with van der Waals surface area (Å²) in [5.74, 6) is -0.353. The summed E-state index contributed by atoms with van der Waals surface area (Å²) in [6, 6.07) is 7.60. The van der Waals surface area contributed by atoms with Gasteiger partial charge in [-0.05, 0) is 24.7 Å². The van der Waals surface area contributed by atoms with E-state index in [9.17, 15) is 4.79 Å². The Kier molecular flexibility index (Phi) is 4.90. The molecule has 0 radical (unpaired) electrons. The molecule has 19 heavy (non-hydrogen) atoms. The Morgan fingerprint density at radius 1 is 1.21 bits per heavy atom. The average Bonchev–Trinajstić information content (AvgIpc) is 2.42. The van der Waals surface area contributed by atoms with Gasteiger partial charge < -0.3 is 9.74 Å². The van der Waals surface area contributed by atoms with Crippen molar-refractivity contribution in [1.29, 1.82) is 0 Å². The second-order valence-corrected chi connectivity index (χ2v) is 4.87. The number of carbonyl (C=O) groups excluding carboxylic acids is 1. The Bertz CT molecular complexity index is 411. The molecule has 1 aromatic carbocycles. The van der Waals surface area contributed by atoms with Crippen molar-refractivity contribution in [3.05, 3.63) is 35.4 Å². The molecule has 1 saturated heterocycles. The SMILES string of the molecule is CNOC(=O)c1ccc(CN2CCN(C)CC2)cc1. The summed E-state index contributed by atoms with van der Waals surface area (Å²) in [6.45, 7) is 5.37. The van der Waals surface area contributed by atoms with Gasteiger partial charge in [-0.25, -0.2) is 4.79 Å². The number of hydrogen-bond acceptors (Lipinski definition) is 5. The van der Waals surface area contributed by atoms with E-state index in [1.165, 1.54) is 5.56 Å². The summed E-state index contributed by atoms with van der Waals surface area (Å²) >= 11 is 0. The molecule has 0 aromatic heterocycles. The van der Waals surface area contributed by atoms with Crippen LogP contribution in [0.3, 0.4) is 0 Å². The van der Waals surface area contributed by atoms with E-state index in [0.717, 1.165) is 32.7 Å². The number of likely N-dealkylation sites (N-methyl/N-ethyl adjacent to an activating group) is 1. The molecule has 0 atom stereocenters. The largest absolute Gasteiger partial charge is 0.367 e. The van der Waals surface area contributed by atoms with Crippen molar-refractivity contribution in [3.8, 4) is 0 Å². The van der Waals surface area contributed by atoms with Gasteiger partial charge in [0.2, 0.25) is 0 Å². The quantitative estimate of drug-likeness (QED) is 0.811. The minimum absolute atomic E-state index is 0.353. The maximum Gasteiger partial charge on any atom is 0.356 e. The van der Waals surface area contributed by atoms with E-state index in [4.69, 9.17) is 4.84 Å². The molecule has 1 N–H and O–H groups in total. The molecule has 0 unspecified atom stereocenters. The fourth-order valence-electron chi connectivity index (χ4n) is 2.16. The van der Waals surface area contributed by atoms with E-state index in [2.05, 4.69) is 22.3 Å². The first-order valence-electron chi connectivity index (χ1n) is 6.57. The van der Waals surface area contributed by atoms with Gasteiger partial charge in [-0.3, -0.25) is 4.90 Å². The van der Waals surface area contributed by atoms with Crippen LogP contribution in [0.25, 0.3) is 0 Å². The molecule has 0 aliphatic carbocycles. The first-order valence-corrected chi connectivity index (χ1v) is 6.57. The summed E-state index contributed by atoms with van der Waals surface area (Å²) < 4.78 is 0. The standard InChI is InChI=1S/C14H21N3O2/c1-15-19-14(18)13-5-3-12(4-6-13)11-17-9-7-16(2)8-10-17/h3-6,15H,7-11H2,1-2H3. The molecular formula is C14H21N3O2. The predicted octanol–water partition coefficient (Wildman–Crippen LogP) is 0.725. The number of rotatable bonds is 4. The van der Waals surface area contributed by atoms with Gasteiger partial charge in [0.05, 0.1) is 5.56 Å². The highest BCUT2D eigenvalue weighted by molar-refractivity contribution is 5.89. The van der Waals surface area contributed by atoms with Crippen LogP contribution in [0.5, 0.6) is 0 Å². The van der Waals surface area contributed by atoms with Crippen molar-refractivity contribution >= 4 is 5.97 Å². The monoisotopic (exact) mass is 263 g/mol. The predicted molar refractivity (Wildman–Crippen MR) is 73.7 cm³/mol. The molecule has 1 fully saturated rings. The van der Waals surface area contributed by atoms with Crippen molar-refractivity contribution in [2.45, 2.75) is 6.54 Å². The lowest BCUT2D eigenvalue weighted by atomic mass is 10.1. The topological polar surface area (TPSA) is 44.8 Å². The van der Waals surface area contributed by atoms with Crippen LogP contribution in [0, 0.1) is 0 Å². The van der Waals surface area contributed by atoms with Gasteiger partial charge >= 0.3 is 5.97 Å². The van der Waals surface area contributed by atoms with Crippen LogP contribution >= 0.6 is 0 Å². The average molecular weight is 263 g/mol. The lowest BCUT2D eigenvalue weighted by molar-refractivity contribution is 0.0310. The van der Waals surface area contributed by atoms with E-state index in [1.54, 1.807) is 7.05 Å². The second kappa shape index (κ2) is 6.65. The van der Waals surface area contributed by atoms with Gasteiger partial charge in [-0.2, -0.15) is 5.48 Å². The van der Waals surface area contributed by atoms with Crippen LogP contribution < -0.4 is 5.48 Å². The number of nitrogens with one attached hydrogen (secondary N) is 1. The first-order chi connectivity index (χ1) is 9.19. The Morgan fingerprint density at radius 2 is 1.84 bits per heavy atom. The van der Waals surface area contributed by atoms with Crippen molar-refractivity contribution in [1.82, 2.24) is 15.3 Å². The van der Waals surface area contributed by atoms with Crippen LogP contribution in [-0.4, -0.2) is 56.0 Å². The van der Waals surface area contributed by atoms with Crippen LogP contribution in [0.1, 0.15) is 15.9 Å². The third-order valence-corrected chi connectivity index (χ3v) is 3.39. The molecule has 1 aromatic rings. The van der Waals surface area contributed by atoms with Crippen LogP contribution in [0.15, 0.2) is 24.3 Å². The summed E-state index contributed by atoms with van der Waals surface area (Å²) in [7, 11) is 3.72. The molecule has 0 bridgehead atoms. The third kappa shape index (κ3) is 4.02. The van der Waals surface area contributed by atoms with Gasteiger partial charge in [0.25, 0.3) is 0 Å². The smallest absolute Gasteiger partial charge is 0.356 e. The van der Waals surface area contributed by atoms with Crippen LogP contribution in [0.4, 0.5) is 0 Å². The fraction of sp³-hybridized carbons (Fsp3) is 0.500. The number of piperazine rings is 1. The van der Waals surface area contributed by atoms with Crippen molar-refractivity contribution in [2.24, 2.45) is 0 Å². The Balaban J connectivity index is 1.90. The highest BCUT2D eigenvalue weighted by atomic mass is 16.7. The normalized spacial score (nSPS) is 17.4. The number of benzene rings is 1. The van der Waals surface area contributed by atoms with E-state index in [-0.39, 0.29) is 5.97 Å². The maximum absolute atomic E-state index is 11.5. The Morgan fingerprint density at radius 3 is 2.42 bits per heavy atom. The van der Waals surface area contributed by atoms with E-state index in [0.29, 0.717) is 5.56 Å². The van der Waals surface area contributed by atoms with Crippen LogP contribution in [-0.2, 0) is 11.4 Å². The Hall–Kier alpha value is -1.43. The Labute approximate surface area is 114 Å². The van der Waals surface area contributed by atoms with Crippen molar-refractivity contribution in [3.63, 3.8) is 0 Å². The molecule has 2 rings (SSSR count). The van der Waals surface area contributed by atoms with Crippen LogP contribution in [0.2, 0.25) is 0 Å². The zero-order valence-electron chi connectivity index (χ0n) is 11.6. The summed E-state index contributed by atoms with van der Waals surface area (Å²) in [5.41, 5.74) is 4.18.